The van der Waals surface area contributed by atoms with Gasteiger partial charge in [0.2, 0.25) is 0 Å². The van der Waals surface area contributed by atoms with Gasteiger partial charge >= 0.3 is 5.97 Å². The van der Waals surface area contributed by atoms with Crippen LogP contribution in [0.25, 0.3) is 0 Å². The number of hydrogen-bond acceptors (Lipinski definition) is 7. The molecule has 33 heavy (non-hydrogen) atoms. The van der Waals surface area contributed by atoms with Gasteiger partial charge in [-0.2, -0.15) is 0 Å². The van der Waals surface area contributed by atoms with Crippen molar-refractivity contribution < 1.29 is 28.7 Å². The zero-order valence-corrected chi connectivity index (χ0v) is 21.7. The molecule has 2 atom stereocenters. The summed E-state index contributed by atoms with van der Waals surface area (Å²) in [7, 11) is 0. The van der Waals surface area contributed by atoms with Crippen LogP contribution in [0, 0.1) is 5.41 Å². The predicted molar refractivity (Wildman–Crippen MR) is 130 cm³/mol. The van der Waals surface area contributed by atoms with Gasteiger partial charge in [-0.15, -0.1) is 5.06 Å². The monoisotopic (exact) mass is 581 g/mol. The van der Waals surface area contributed by atoms with Crippen LogP contribution >= 0.6 is 31.9 Å². The minimum absolute atomic E-state index is 0.268. The zero-order valence-electron chi connectivity index (χ0n) is 18.5. The van der Waals surface area contributed by atoms with Crippen LogP contribution < -0.4 is 9.47 Å². The number of benzene rings is 2. The molecule has 2 aromatic rings. The van der Waals surface area contributed by atoms with Gasteiger partial charge in [0.05, 0.1) is 12.0 Å². The first-order chi connectivity index (χ1) is 15.6. The summed E-state index contributed by atoms with van der Waals surface area (Å²) in [6.07, 6.45) is 1.11. The minimum atomic E-state index is -0.644. The van der Waals surface area contributed by atoms with Crippen LogP contribution in [0.2, 0.25) is 0 Å². The first kappa shape index (κ1) is 25.4. The van der Waals surface area contributed by atoms with Crippen LogP contribution in [0.3, 0.4) is 0 Å². The van der Waals surface area contributed by atoms with E-state index >= 15 is 0 Å². The maximum absolute atomic E-state index is 12.4. The zero-order chi connectivity index (χ0) is 24.2. The van der Waals surface area contributed by atoms with E-state index in [9.17, 15) is 14.4 Å². The van der Waals surface area contributed by atoms with E-state index in [2.05, 4.69) is 31.9 Å². The summed E-state index contributed by atoms with van der Waals surface area (Å²) in [5, 5.41) is 1.58. The van der Waals surface area contributed by atoms with E-state index < -0.39 is 11.5 Å². The van der Waals surface area contributed by atoms with Crippen LogP contribution in [-0.2, 0) is 9.63 Å². The molecule has 0 saturated carbocycles. The first-order valence-electron chi connectivity index (χ1n) is 10.4. The molecular weight excluding hydrogens is 558 g/mol. The molecule has 0 aliphatic carbocycles. The number of hydrogen-bond donors (Lipinski definition) is 0. The molecular formula is C24H25Br2NO6. The van der Waals surface area contributed by atoms with E-state index in [4.69, 9.17) is 14.3 Å². The van der Waals surface area contributed by atoms with E-state index in [0.717, 1.165) is 17.0 Å². The lowest BCUT2D eigenvalue weighted by molar-refractivity contribution is -0.216. The van der Waals surface area contributed by atoms with Crippen molar-refractivity contribution in [1.29, 1.82) is 0 Å². The largest absolute Gasteiger partial charge is 0.486 e. The lowest BCUT2D eigenvalue weighted by atomic mass is 9.98. The fraction of sp³-hybridized carbons (Fsp3) is 0.375. The SMILES string of the molecule is CC(C)(C)C(=O)ON1CCC(Oc2cc(Br)cc(C=O)c2)C(Oc2cc(Br)cc(C=O)c2)C1. The van der Waals surface area contributed by atoms with Gasteiger partial charge in [0.15, 0.2) is 6.10 Å². The van der Waals surface area contributed by atoms with Gasteiger partial charge in [-0.1, -0.05) is 31.9 Å². The summed E-state index contributed by atoms with van der Waals surface area (Å²) in [5.41, 5.74) is 0.302. The van der Waals surface area contributed by atoms with Gasteiger partial charge in [-0.25, -0.2) is 4.79 Å². The summed E-state index contributed by atoms with van der Waals surface area (Å²) >= 11 is 6.78. The van der Waals surface area contributed by atoms with Crippen LogP contribution in [0.15, 0.2) is 45.3 Å². The van der Waals surface area contributed by atoms with Crippen molar-refractivity contribution >= 4 is 50.4 Å². The smallest absolute Gasteiger partial charge is 0.330 e. The molecule has 0 N–H and O–H groups in total. The molecule has 0 amide bonds. The highest BCUT2D eigenvalue weighted by molar-refractivity contribution is 9.10. The Labute approximate surface area is 209 Å². The average Bonchev–Trinajstić information content (AvgIpc) is 2.74. The average molecular weight is 583 g/mol. The summed E-state index contributed by atoms with van der Waals surface area (Å²) in [5.74, 6) is 0.666. The second-order valence-electron chi connectivity index (χ2n) is 8.79. The Morgan fingerprint density at radius 2 is 1.42 bits per heavy atom. The van der Waals surface area contributed by atoms with Gasteiger partial charge in [0, 0.05) is 33.0 Å². The van der Waals surface area contributed by atoms with E-state index in [1.165, 1.54) is 0 Å². The number of rotatable bonds is 7. The van der Waals surface area contributed by atoms with Gasteiger partial charge < -0.3 is 14.3 Å². The Bertz CT molecular complexity index is 1040. The number of aldehydes is 2. The molecule has 2 aromatic carbocycles. The van der Waals surface area contributed by atoms with E-state index in [1.54, 1.807) is 62.2 Å². The number of carbonyl (C=O) groups excluding carboxylic acids is 3. The normalized spacial score (nSPS) is 18.9. The first-order valence-corrected chi connectivity index (χ1v) is 12.0. The highest BCUT2D eigenvalue weighted by Crippen LogP contribution is 2.29. The second-order valence-corrected chi connectivity index (χ2v) is 10.6. The molecule has 1 aliphatic heterocycles. The summed E-state index contributed by atoms with van der Waals surface area (Å²) in [4.78, 5) is 40.5. The van der Waals surface area contributed by atoms with Gasteiger partial charge in [-0.05, 0) is 57.2 Å². The topological polar surface area (TPSA) is 82.1 Å². The van der Waals surface area contributed by atoms with E-state index in [0.29, 0.717) is 40.1 Å². The third kappa shape index (κ3) is 7.12. The molecule has 7 nitrogen and oxygen atoms in total. The number of ether oxygens (including phenoxy) is 2. The van der Waals surface area contributed by atoms with Crippen LogP contribution in [-0.4, -0.2) is 48.9 Å². The molecule has 2 unspecified atom stereocenters. The van der Waals surface area contributed by atoms with Gasteiger partial charge in [0.25, 0.3) is 0 Å². The summed E-state index contributed by atoms with van der Waals surface area (Å²) in [6, 6.07) is 10.2. The van der Waals surface area contributed by atoms with Crippen molar-refractivity contribution in [3.63, 3.8) is 0 Å². The van der Waals surface area contributed by atoms with Crippen molar-refractivity contribution in [1.82, 2.24) is 5.06 Å². The van der Waals surface area contributed by atoms with Crippen molar-refractivity contribution in [3.8, 4) is 11.5 Å². The molecule has 1 aliphatic rings. The number of hydroxylamine groups is 2. The lowest BCUT2D eigenvalue weighted by Gasteiger charge is -2.38. The lowest BCUT2D eigenvalue weighted by Crippen LogP contribution is -2.52. The van der Waals surface area contributed by atoms with Crippen LogP contribution in [0.5, 0.6) is 11.5 Å². The summed E-state index contributed by atoms with van der Waals surface area (Å²) < 4.78 is 13.9. The van der Waals surface area contributed by atoms with Crippen LogP contribution in [0.1, 0.15) is 47.9 Å². The van der Waals surface area contributed by atoms with Gasteiger partial charge in [-0.3, -0.25) is 9.59 Å². The number of nitrogens with zero attached hydrogens (tertiary/aromatic N) is 1. The molecule has 9 heteroatoms. The summed E-state index contributed by atoms with van der Waals surface area (Å²) in [6.45, 7) is 6.10. The standard InChI is InChI=1S/C24H25Br2NO6/c1-24(2,3)23(30)33-27-5-4-21(31-19-8-15(13-28)6-17(25)10-19)22(12-27)32-20-9-16(14-29)7-18(26)11-20/h6-11,13-14,21-22H,4-5,12H2,1-3H3. The van der Waals surface area contributed by atoms with Crippen LogP contribution in [0.4, 0.5) is 0 Å². The third-order valence-corrected chi connectivity index (χ3v) is 5.84. The maximum Gasteiger partial charge on any atom is 0.330 e. The molecule has 3 rings (SSSR count). The van der Waals surface area contributed by atoms with Crippen molar-refractivity contribution in [2.24, 2.45) is 5.41 Å². The number of carbonyl (C=O) groups is 3. The third-order valence-electron chi connectivity index (χ3n) is 4.92. The molecule has 0 spiro atoms. The number of halogens is 2. The fourth-order valence-electron chi connectivity index (χ4n) is 3.24. The Hall–Kier alpha value is -2.23. The van der Waals surface area contributed by atoms with Crippen molar-refractivity contribution in [2.75, 3.05) is 13.1 Å². The highest BCUT2D eigenvalue weighted by Gasteiger charge is 2.36. The Kier molecular flexibility index (Phi) is 8.31. The molecule has 1 heterocycles. The van der Waals surface area contributed by atoms with Crippen molar-refractivity contribution in [3.05, 3.63) is 56.5 Å². The van der Waals surface area contributed by atoms with E-state index in [-0.39, 0.29) is 18.6 Å². The second kappa shape index (κ2) is 10.8. The molecule has 0 radical (unpaired) electrons. The quantitative estimate of drug-likeness (QED) is 0.413. The maximum atomic E-state index is 12.4. The molecule has 0 bridgehead atoms. The Morgan fingerprint density at radius 3 is 1.91 bits per heavy atom. The van der Waals surface area contributed by atoms with Gasteiger partial charge in [0.1, 0.15) is 30.2 Å². The Morgan fingerprint density at radius 1 is 0.909 bits per heavy atom. The molecule has 1 saturated heterocycles. The molecule has 176 valence electrons. The van der Waals surface area contributed by atoms with Crippen molar-refractivity contribution in [2.45, 2.75) is 39.4 Å². The molecule has 1 fully saturated rings. The highest BCUT2D eigenvalue weighted by atomic mass is 79.9. The predicted octanol–water partition coefficient (Wildman–Crippen LogP) is 5.24. The fourth-order valence-corrected chi connectivity index (χ4v) is 4.22. The Balaban J connectivity index is 1.84. The van der Waals surface area contributed by atoms with E-state index in [1.807, 2.05) is 0 Å². The number of piperidine rings is 1. The molecule has 0 aromatic heterocycles. The minimum Gasteiger partial charge on any atom is -0.486 e.